The predicted molar refractivity (Wildman–Crippen MR) is 495 cm³/mol. The van der Waals surface area contributed by atoms with E-state index in [9.17, 15) is 83.8 Å². The van der Waals surface area contributed by atoms with Crippen LogP contribution < -0.4 is 29.6 Å². The minimum atomic E-state index is -4.40. The van der Waals surface area contributed by atoms with Gasteiger partial charge in [0.2, 0.25) is 0 Å². The van der Waals surface area contributed by atoms with Crippen LogP contribution in [0.2, 0.25) is 103 Å². The molecule has 43 heteroatoms. The van der Waals surface area contributed by atoms with Gasteiger partial charge in [-0.3, -0.25) is 4.79 Å². The Kier molecular flexibility index (Phi) is 48.4. The third kappa shape index (κ3) is 45.0. The van der Waals surface area contributed by atoms with E-state index in [0.717, 1.165) is 97.5 Å². The number of nitrogens with zero attached hydrogens (tertiary/aromatic N) is 8. The fourth-order valence-electron chi connectivity index (χ4n) is 9.92. The molecule has 15 nitrogen and oxygen atoms in total. The van der Waals surface area contributed by atoms with Crippen LogP contribution in [0.3, 0.4) is 0 Å². The van der Waals surface area contributed by atoms with E-state index in [2.05, 4.69) is 189 Å². The Morgan fingerprint density at radius 2 is 0.706 bits per heavy atom. The van der Waals surface area contributed by atoms with Crippen LogP contribution >= 0.6 is 87.4 Å². The van der Waals surface area contributed by atoms with E-state index >= 15 is 0 Å². The molecule has 688 valence electrons. The van der Waals surface area contributed by atoms with Gasteiger partial charge in [-0.05, 0) is 97.0 Å². The minimum Gasteiger partial charge on any atom is -1.00 e. The molecule has 0 saturated carbocycles. The zero-order chi connectivity index (χ0) is 94.0. The van der Waals surface area contributed by atoms with Crippen LogP contribution in [0.5, 0.6) is 0 Å². The molecule has 11 aromatic rings. The maximum Gasteiger partial charge on any atom is 1.00 e. The van der Waals surface area contributed by atoms with Crippen LogP contribution in [0.4, 0.5) is 79.0 Å². The van der Waals surface area contributed by atoms with Crippen molar-refractivity contribution in [1.29, 1.82) is 0 Å². The number of nitrogens with one attached hydrogen (secondary N) is 2. The summed E-state index contributed by atoms with van der Waals surface area (Å²) in [6, 6.07) is 34.9. The van der Waals surface area contributed by atoms with Gasteiger partial charge < -0.3 is 44.0 Å². The number of Topliss-reactive ketones (excluding diaryl/α,β-unsaturated/α-hetero) is 1. The molecule has 6 aromatic carbocycles. The maximum absolute atomic E-state index is 12.8. The van der Waals surface area contributed by atoms with Gasteiger partial charge in [0.1, 0.15) is 26.3 Å². The van der Waals surface area contributed by atoms with Crippen LogP contribution in [0.15, 0.2) is 202 Å². The van der Waals surface area contributed by atoms with Crippen molar-refractivity contribution in [1.82, 2.24) is 48.6 Å². The van der Waals surface area contributed by atoms with E-state index in [-0.39, 0.29) is 47.7 Å². The maximum atomic E-state index is 12.8. The average molecular weight is 2290 g/mol. The molecule has 0 aliphatic rings. The molecule has 2 N–H and O–H groups in total. The molecule has 0 amide bonds. The topological polar surface area (TPSA) is 165 Å². The number of carbonyl (C=O) groups excluding carboxylic acids is 1. The van der Waals surface area contributed by atoms with Gasteiger partial charge in [0.05, 0.1) is 105 Å². The molecule has 0 aliphatic carbocycles. The predicted octanol–water partition coefficient (Wildman–Crippen LogP) is 26.1. The molecule has 0 radical (unpaired) electrons. The second-order valence-electron chi connectivity index (χ2n) is 32.2. The van der Waals surface area contributed by atoms with E-state index in [1.807, 2.05) is 0 Å². The van der Waals surface area contributed by atoms with Crippen LogP contribution in [0.1, 0.15) is 45.2 Å². The summed E-state index contributed by atoms with van der Waals surface area (Å²) in [5.41, 5.74) is 0.888. The van der Waals surface area contributed by atoms with Gasteiger partial charge in [0.15, 0.2) is 9.61 Å². The number of H-pyrrole nitrogens is 2. The van der Waals surface area contributed by atoms with Crippen molar-refractivity contribution in [2.45, 2.75) is 160 Å². The van der Waals surface area contributed by atoms with E-state index in [0.29, 0.717) is 106 Å². The number of halogens is 23. The molecule has 5 heterocycles. The molecule has 0 aliphatic heterocycles. The second kappa shape index (κ2) is 53.2. The van der Waals surface area contributed by atoms with Crippen molar-refractivity contribution in [2.24, 2.45) is 0 Å². The number of hydrogen-bond acceptors (Lipinski definition) is 10. The van der Waals surface area contributed by atoms with Crippen LogP contribution in [-0.2, 0) is 76.2 Å². The summed E-state index contributed by atoms with van der Waals surface area (Å²) < 4.78 is 254. The van der Waals surface area contributed by atoms with Crippen molar-refractivity contribution in [2.75, 3.05) is 37.8 Å². The van der Waals surface area contributed by atoms with Gasteiger partial charge in [0.25, 0.3) is 0 Å². The van der Waals surface area contributed by atoms with Crippen LogP contribution in [0.25, 0.3) is 56.3 Å². The molecule has 0 saturated heterocycles. The van der Waals surface area contributed by atoms with Crippen molar-refractivity contribution >= 4 is 125 Å². The SMILES string of the molecule is C[Si](C)(C)CCOCCl.C[Si](C)(C)CCOCn1cc(-c2cccc(C(F)(F)F)c2)nc1I.C[Si](C)(C)CCOCn1cnc(-c2cccc(C(F)(F)F)c2)c1.C[Si](C)(C)CCOCn1cnc(-c2cccc(C(F)(F)F)c2)c1.FC(F)(F)c1cccc(-c2cnc[nH]2)c1.FC(F)(F)c1cccc(-c2cnc[nH]2)c1.II.O=C(CBr)c1cccc(C(F)(F)F)c1.[H-].[Na+]. The zero-order valence-electron chi connectivity index (χ0n) is 72.1. The largest absolute Gasteiger partial charge is 1.00 e. The van der Waals surface area contributed by atoms with Crippen molar-refractivity contribution < 1.29 is 134 Å². The number of rotatable bonds is 26. The van der Waals surface area contributed by atoms with Crippen molar-refractivity contribution in [3.05, 3.63) is 245 Å². The summed E-state index contributed by atoms with van der Waals surface area (Å²) >= 11 is 14.5. The summed E-state index contributed by atoms with van der Waals surface area (Å²) in [7, 11) is -4.26. The Balaban J connectivity index is 0.000000508. The first-order valence-corrected chi connectivity index (χ1v) is 61.8. The average Bonchev–Trinajstić information content (AvgIpc) is 1.70. The number of alkyl halides is 20. The third-order valence-electron chi connectivity index (χ3n) is 16.9. The zero-order valence-corrected chi connectivity index (χ0v) is 85.9. The monoisotopic (exact) mass is 2290 g/mol. The molecule has 0 bridgehead atoms. The van der Waals surface area contributed by atoms with Gasteiger partial charge in [-0.15, -0.1) is 0 Å². The molecular formula is C83H98BrClF18I3N10NaO5Si4. The Hall–Kier alpha value is -5.55. The summed E-state index contributed by atoms with van der Waals surface area (Å²) in [6.45, 7) is 31.4. The first-order valence-electron chi connectivity index (χ1n) is 37.9. The molecule has 0 atom stereocenters. The van der Waals surface area contributed by atoms with Crippen LogP contribution in [-0.4, -0.2) is 124 Å². The molecule has 11 rings (SSSR count). The van der Waals surface area contributed by atoms with Crippen molar-refractivity contribution in [3.63, 3.8) is 0 Å². The quantitative estimate of drug-likeness (QED) is 0.0133. The number of benzene rings is 6. The van der Waals surface area contributed by atoms with Gasteiger partial charge in [-0.1, -0.05) is 179 Å². The molecular weight excluding hydrogens is 2190 g/mol. The van der Waals surface area contributed by atoms with Crippen molar-refractivity contribution in [3.8, 4) is 56.3 Å². The summed E-state index contributed by atoms with van der Waals surface area (Å²) in [4.78, 5) is 36.8. The molecule has 0 unspecified atom stereocenters. The van der Waals surface area contributed by atoms with Crippen LogP contribution in [0, 0.1) is 3.83 Å². The number of aromatic nitrogens is 10. The van der Waals surface area contributed by atoms with E-state index in [1.165, 1.54) is 73.6 Å². The molecule has 0 fully saturated rings. The minimum absolute atomic E-state index is 0. The molecule has 5 aromatic heterocycles. The standard InChI is InChI=1S/C16H20F3IN2OSi.2C16H21F3N2OSi.2C10H7F3N2.C9H6BrF3O.C6H15ClOSi.I2.Na.H/c1-24(2,3)8-7-23-11-22-10-14(21-15(22)20)12-5-4-6-13(9-12)16(17,18)19;2*1-23(2,3)8-7-22-12-21-10-15(20-11-21)13-5-4-6-14(9-13)16(17,18)19;2*11-10(12,13)8-3-1-2-7(4-8)9-5-14-6-15-9;10-5-8(14)6-2-1-3-7(4-6)9(11,12)13;1-9(2,3)5-4-8-6-7;1-2;;/h4-6,9-10H,7-8,11H2,1-3H3;2*4-6,9-11H,7-8,12H2,1-3H3;2*1-6H,(H,14,15);1-4H,5H2;4-6H2,1-3H3;;;/q;;;;;;;;+1;-1. The number of hydrogen-bond donors (Lipinski definition) is 2. The number of ketones is 1. The first kappa shape index (κ1) is 115. The van der Waals surface area contributed by atoms with E-state index in [1.54, 1.807) is 75.3 Å². The fraction of sp³-hybridized carbons (Fsp3) is 0.373. The smallest absolute Gasteiger partial charge is 1.00 e. The van der Waals surface area contributed by atoms with E-state index < -0.39 is 103 Å². The number of aromatic amines is 2. The van der Waals surface area contributed by atoms with Gasteiger partial charge in [-0.2, -0.15) is 79.0 Å². The Morgan fingerprint density at radius 1 is 0.421 bits per heavy atom. The third-order valence-corrected chi connectivity index (χ3v) is 25.2. The van der Waals surface area contributed by atoms with Gasteiger partial charge in [0, 0.05) is 171 Å². The van der Waals surface area contributed by atoms with Gasteiger partial charge in [-0.25, -0.2) is 24.9 Å². The number of ether oxygens (including phenoxy) is 4. The summed E-state index contributed by atoms with van der Waals surface area (Å²) in [5.74, 6) is -0.365. The number of imidazole rings is 5. The Labute approximate surface area is 799 Å². The van der Waals surface area contributed by atoms with E-state index in [4.69, 9.17) is 30.5 Å². The summed E-state index contributed by atoms with van der Waals surface area (Å²) in [6.07, 6.45) is -12.0. The Morgan fingerprint density at radius 3 is 1.00 bits per heavy atom. The van der Waals surface area contributed by atoms with Gasteiger partial charge >= 0.3 is 66.6 Å². The normalized spacial score (nSPS) is 12.0. The number of carbonyl (C=O) groups is 1. The Bertz CT molecular complexity index is 4790. The molecule has 0 spiro atoms. The second-order valence-corrected chi connectivity index (χ2v) is 56.5. The first-order chi connectivity index (χ1) is 58.0. The summed E-state index contributed by atoms with van der Waals surface area (Å²) in [5, 5.41) is 0.0221. The fourth-order valence-corrected chi connectivity index (χ4v) is 13.9. The molecule has 126 heavy (non-hydrogen) atoms.